The second-order valence-electron chi connectivity index (χ2n) is 4.61. The minimum atomic E-state index is -3.50. The van der Waals surface area contributed by atoms with Crippen LogP contribution in [-0.4, -0.2) is 14.3 Å². The zero-order chi connectivity index (χ0) is 15.3. The van der Waals surface area contributed by atoms with Gasteiger partial charge in [-0.3, -0.25) is 9.52 Å². The van der Waals surface area contributed by atoms with Crippen molar-refractivity contribution in [1.29, 1.82) is 0 Å². The van der Waals surface area contributed by atoms with E-state index in [1.807, 2.05) is 6.07 Å². The molecule has 0 aliphatic carbocycles. The Morgan fingerprint density at radius 1 is 1.00 bits per heavy atom. The molecule has 0 unspecified atom stereocenters. The maximum absolute atomic E-state index is 12.1. The highest BCUT2D eigenvalue weighted by atomic mass is 32.2. The highest BCUT2D eigenvalue weighted by Gasteiger charge is 2.11. The maximum atomic E-state index is 12.1. The quantitative estimate of drug-likeness (QED) is 0.891. The van der Waals surface area contributed by atoms with Crippen LogP contribution in [0.1, 0.15) is 12.5 Å². The van der Waals surface area contributed by atoms with Crippen LogP contribution in [0.3, 0.4) is 0 Å². The summed E-state index contributed by atoms with van der Waals surface area (Å²) in [6, 6.07) is 15.5. The van der Waals surface area contributed by atoms with Crippen LogP contribution >= 0.6 is 0 Å². The Balaban J connectivity index is 2.11. The first-order valence-corrected chi connectivity index (χ1v) is 8.02. The number of hydrogen-bond acceptors (Lipinski definition) is 3. The predicted octanol–water partition coefficient (Wildman–Crippen LogP) is 2.59. The molecule has 5 nitrogen and oxygen atoms in total. The monoisotopic (exact) mass is 304 g/mol. The van der Waals surface area contributed by atoms with Crippen LogP contribution in [0.4, 0.5) is 11.4 Å². The smallest absolute Gasteiger partial charge is 0.236 e. The molecule has 0 spiro atoms. The summed E-state index contributed by atoms with van der Waals surface area (Å²) in [6.07, 6.45) is 0. The van der Waals surface area contributed by atoms with Gasteiger partial charge in [0.1, 0.15) is 0 Å². The van der Waals surface area contributed by atoms with E-state index in [9.17, 15) is 13.2 Å². The van der Waals surface area contributed by atoms with Crippen LogP contribution in [0.2, 0.25) is 0 Å². The Bertz CT molecular complexity index is 728. The molecular weight excluding hydrogens is 288 g/mol. The van der Waals surface area contributed by atoms with E-state index in [1.165, 1.54) is 6.92 Å². The highest BCUT2D eigenvalue weighted by molar-refractivity contribution is 7.91. The molecule has 0 aliphatic heterocycles. The Labute approximate surface area is 124 Å². The summed E-state index contributed by atoms with van der Waals surface area (Å²) in [5.41, 5.74) is 1.67. The molecular formula is C15H16N2O3S. The summed E-state index contributed by atoms with van der Waals surface area (Å²) in [5, 5.41) is 2.61. The molecule has 2 N–H and O–H groups in total. The van der Waals surface area contributed by atoms with Crippen molar-refractivity contribution in [3.63, 3.8) is 0 Å². The summed E-state index contributed by atoms with van der Waals surface area (Å²) in [6.45, 7) is 1.40. The van der Waals surface area contributed by atoms with Gasteiger partial charge >= 0.3 is 0 Å². The van der Waals surface area contributed by atoms with Crippen molar-refractivity contribution in [2.24, 2.45) is 0 Å². The molecule has 2 aromatic rings. The molecule has 0 atom stereocenters. The lowest BCUT2D eigenvalue weighted by Gasteiger charge is -2.10. The van der Waals surface area contributed by atoms with Crippen LogP contribution in [0.15, 0.2) is 54.6 Å². The van der Waals surface area contributed by atoms with E-state index in [4.69, 9.17) is 0 Å². The number of carbonyl (C=O) groups excluding carboxylic acids is 1. The van der Waals surface area contributed by atoms with Gasteiger partial charge in [-0.05, 0) is 23.8 Å². The van der Waals surface area contributed by atoms with E-state index in [0.29, 0.717) is 16.9 Å². The van der Waals surface area contributed by atoms with E-state index < -0.39 is 10.0 Å². The van der Waals surface area contributed by atoms with E-state index in [2.05, 4.69) is 10.0 Å². The molecule has 0 saturated carbocycles. The third-order valence-electron chi connectivity index (χ3n) is 2.66. The summed E-state index contributed by atoms with van der Waals surface area (Å²) in [5.74, 6) is -0.308. The summed E-state index contributed by atoms with van der Waals surface area (Å²) in [7, 11) is -3.50. The molecule has 21 heavy (non-hydrogen) atoms. The lowest BCUT2D eigenvalue weighted by atomic mass is 10.2. The fourth-order valence-electron chi connectivity index (χ4n) is 1.87. The third-order valence-corrected chi connectivity index (χ3v) is 3.92. The van der Waals surface area contributed by atoms with Gasteiger partial charge in [0.15, 0.2) is 0 Å². The standard InChI is InChI=1S/C15H16N2O3S/c1-12(18)16-14-8-5-9-15(10-14)17-21(19,20)11-13-6-3-2-4-7-13/h2-10,17H,11H2,1H3,(H,16,18). The Kier molecular flexibility index (Phi) is 4.59. The minimum absolute atomic E-state index is 0.0990. The normalized spacial score (nSPS) is 10.9. The van der Waals surface area contributed by atoms with E-state index >= 15 is 0 Å². The van der Waals surface area contributed by atoms with Crippen molar-refractivity contribution in [3.05, 3.63) is 60.2 Å². The molecule has 110 valence electrons. The first kappa shape index (κ1) is 15.1. The molecule has 0 radical (unpaired) electrons. The number of hydrogen-bond donors (Lipinski definition) is 2. The average molecular weight is 304 g/mol. The Morgan fingerprint density at radius 2 is 1.67 bits per heavy atom. The molecule has 0 aliphatic rings. The van der Waals surface area contributed by atoms with Crippen molar-refractivity contribution < 1.29 is 13.2 Å². The van der Waals surface area contributed by atoms with Crippen LogP contribution in [0.25, 0.3) is 0 Å². The summed E-state index contributed by atoms with van der Waals surface area (Å²) in [4.78, 5) is 11.0. The minimum Gasteiger partial charge on any atom is -0.326 e. The van der Waals surface area contributed by atoms with Crippen LogP contribution < -0.4 is 10.0 Å². The lowest BCUT2D eigenvalue weighted by Crippen LogP contribution is -2.15. The van der Waals surface area contributed by atoms with Gasteiger partial charge in [0, 0.05) is 12.6 Å². The zero-order valence-electron chi connectivity index (χ0n) is 11.5. The van der Waals surface area contributed by atoms with Crippen molar-refractivity contribution in [2.45, 2.75) is 12.7 Å². The van der Waals surface area contributed by atoms with Gasteiger partial charge in [-0.25, -0.2) is 8.42 Å². The van der Waals surface area contributed by atoms with E-state index in [0.717, 1.165) is 0 Å². The van der Waals surface area contributed by atoms with E-state index in [-0.39, 0.29) is 11.7 Å². The Hall–Kier alpha value is -2.34. The van der Waals surface area contributed by atoms with Crippen LogP contribution in [-0.2, 0) is 20.6 Å². The second kappa shape index (κ2) is 6.41. The summed E-state index contributed by atoms with van der Waals surface area (Å²) < 4.78 is 26.7. The van der Waals surface area contributed by atoms with Crippen LogP contribution in [0, 0.1) is 0 Å². The topological polar surface area (TPSA) is 75.3 Å². The van der Waals surface area contributed by atoms with Gasteiger partial charge in [0.05, 0.1) is 11.4 Å². The number of carbonyl (C=O) groups is 1. The largest absolute Gasteiger partial charge is 0.326 e. The molecule has 0 saturated heterocycles. The number of sulfonamides is 1. The highest BCUT2D eigenvalue weighted by Crippen LogP contribution is 2.17. The molecule has 0 aromatic heterocycles. The molecule has 2 aromatic carbocycles. The van der Waals surface area contributed by atoms with Crippen molar-refractivity contribution >= 4 is 27.3 Å². The molecule has 1 amide bonds. The fraction of sp³-hybridized carbons (Fsp3) is 0.133. The van der Waals surface area contributed by atoms with Crippen LogP contribution in [0.5, 0.6) is 0 Å². The predicted molar refractivity (Wildman–Crippen MR) is 83.4 cm³/mol. The molecule has 0 bridgehead atoms. The van der Waals surface area contributed by atoms with Gasteiger partial charge in [0.2, 0.25) is 15.9 Å². The molecule has 0 heterocycles. The maximum Gasteiger partial charge on any atom is 0.236 e. The first-order valence-electron chi connectivity index (χ1n) is 6.37. The SMILES string of the molecule is CC(=O)Nc1cccc(NS(=O)(=O)Cc2ccccc2)c1. The third kappa shape index (κ3) is 4.92. The zero-order valence-corrected chi connectivity index (χ0v) is 12.4. The summed E-state index contributed by atoms with van der Waals surface area (Å²) >= 11 is 0. The van der Waals surface area contributed by atoms with Crippen molar-refractivity contribution in [2.75, 3.05) is 10.0 Å². The van der Waals surface area contributed by atoms with Crippen molar-refractivity contribution in [3.8, 4) is 0 Å². The van der Waals surface area contributed by atoms with Gasteiger partial charge in [0.25, 0.3) is 0 Å². The van der Waals surface area contributed by atoms with E-state index in [1.54, 1.807) is 48.5 Å². The number of nitrogens with one attached hydrogen (secondary N) is 2. The second-order valence-corrected chi connectivity index (χ2v) is 6.33. The first-order chi connectivity index (χ1) is 9.94. The number of benzene rings is 2. The van der Waals surface area contributed by atoms with Gasteiger partial charge in [-0.15, -0.1) is 0 Å². The molecule has 0 fully saturated rings. The average Bonchev–Trinajstić information content (AvgIpc) is 2.38. The number of anilines is 2. The van der Waals surface area contributed by atoms with Gasteiger partial charge in [-0.2, -0.15) is 0 Å². The number of amides is 1. The van der Waals surface area contributed by atoms with Gasteiger partial charge < -0.3 is 5.32 Å². The number of rotatable bonds is 5. The van der Waals surface area contributed by atoms with Gasteiger partial charge in [-0.1, -0.05) is 36.4 Å². The molecule has 2 rings (SSSR count). The van der Waals surface area contributed by atoms with Crippen molar-refractivity contribution in [1.82, 2.24) is 0 Å². The molecule has 6 heteroatoms. The fourth-order valence-corrected chi connectivity index (χ4v) is 3.06. The lowest BCUT2D eigenvalue weighted by molar-refractivity contribution is -0.114. The Morgan fingerprint density at radius 3 is 2.33 bits per heavy atom.